The Kier molecular flexibility index (Phi) is 28.6. The van der Waals surface area contributed by atoms with Crippen LogP contribution in [0.3, 0.4) is 0 Å². The Hall–Kier alpha value is -0.370. The zero-order valence-corrected chi connectivity index (χ0v) is 23.9. The van der Waals surface area contributed by atoms with Gasteiger partial charge in [0.2, 0.25) is 0 Å². The van der Waals surface area contributed by atoms with Crippen molar-refractivity contribution in [3.8, 4) is 0 Å². The second-order valence-corrected chi connectivity index (χ2v) is 11.0. The van der Waals surface area contributed by atoms with Gasteiger partial charge in [0.05, 0.1) is 0 Å². The summed E-state index contributed by atoms with van der Waals surface area (Å²) in [6.07, 6.45) is 33.1. The molecule has 0 aliphatic heterocycles. The number of hydrogen-bond donors (Lipinski definition) is 0. The van der Waals surface area contributed by atoms with E-state index in [1.165, 1.54) is 141 Å². The van der Waals surface area contributed by atoms with E-state index in [0.717, 1.165) is 44.2 Å². The molecule has 0 aromatic carbocycles. The highest BCUT2D eigenvalue weighted by molar-refractivity contribution is 5.48. The van der Waals surface area contributed by atoms with E-state index < -0.39 is 0 Å². The van der Waals surface area contributed by atoms with Crippen molar-refractivity contribution in [2.24, 2.45) is 11.8 Å². The first-order valence-corrected chi connectivity index (χ1v) is 15.8. The van der Waals surface area contributed by atoms with Gasteiger partial charge in [-0.2, -0.15) is 0 Å². The van der Waals surface area contributed by atoms with Gasteiger partial charge in [-0.3, -0.25) is 0 Å². The molecule has 0 bridgehead atoms. The van der Waals surface area contributed by atoms with E-state index in [1.54, 1.807) is 0 Å². The Morgan fingerprint density at radius 2 is 0.912 bits per heavy atom. The van der Waals surface area contributed by atoms with Gasteiger partial charge in [-0.05, 0) is 37.5 Å². The average Bonchev–Trinajstić information content (AvgIpc) is 2.85. The fourth-order valence-corrected chi connectivity index (χ4v) is 5.08. The highest BCUT2D eigenvalue weighted by Gasteiger charge is 2.12. The van der Waals surface area contributed by atoms with Crippen molar-refractivity contribution in [3.05, 3.63) is 0 Å². The third-order valence-corrected chi connectivity index (χ3v) is 7.65. The van der Waals surface area contributed by atoms with Crippen molar-refractivity contribution in [1.82, 2.24) is 0 Å². The minimum Gasteiger partial charge on any atom is -0.381 e. The van der Waals surface area contributed by atoms with Gasteiger partial charge in [0.1, 0.15) is 6.29 Å². The fraction of sp³-hybridized carbons (Fsp3) is 0.969. The Balaban J connectivity index is 4.02. The van der Waals surface area contributed by atoms with Crippen molar-refractivity contribution in [2.45, 2.75) is 175 Å². The molecule has 0 aliphatic carbocycles. The second kappa shape index (κ2) is 28.9. The normalized spacial score (nSPS) is 13.3. The van der Waals surface area contributed by atoms with E-state index in [-0.39, 0.29) is 0 Å². The smallest absolute Gasteiger partial charge is 0.119 e. The van der Waals surface area contributed by atoms with E-state index in [2.05, 4.69) is 20.8 Å². The first-order chi connectivity index (χ1) is 16.8. The molecule has 2 nitrogen and oxygen atoms in total. The Bertz CT molecular complexity index is 381. The quantitative estimate of drug-likeness (QED) is 0.0785. The van der Waals surface area contributed by atoms with Crippen LogP contribution < -0.4 is 0 Å². The highest BCUT2D eigenvalue weighted by Crippen LogP contribution is 2.21. The number of rotatable bonds is 29. The van der Waals surface area contributed by atoms with Crippen molar-refractivity contribution in [3.63, 3.8) is 0 Å². The molecule has 0 radical (unpaired) electrons. The summed E-state index contributed by atoms with van der Waals surface area (Å²) in [5.74, 6) is 1.53. The number of carbonyl (C=O) groups is 1. The third kappa shape index (κ3) is 24.7. The first-order valence-electron chi connectivity index (χ1n) is 15.8. The number of hydrogen-bond acceptors (Lipinski definition) is 2. The van der Waals surface area contributed by atoms with Crippen LogP contribution in [0.5, 0.6) is 0 Å². The number of aldehydes is 1. The standard InChI is InChI=1S/C32H64O2/c1-4-7-9-10-11-12-13-16-19-22-26-32(30-34-29-31(6-3)25-8-5-2)27-23-20-17-14-15-18-21-24-28-33/h28,31-32H,4-27,29-30H2,1-3H3. The van der Waals surface area contributed by atoms with Gasteiger partial charge in [-0.25, -0.2) is 0 Å². The molecule has 0 aromatic rings. The summed E-state index contributed by atoms with van der Waals surface area (Å²) in [5.41, 5.74) is 0. The minimum atomic E-state index is 0.748. The van der Waals surface area contributed by atoms with Crippen LogP contribution in [0.1, 0.15) is 175 Å². The Morgan fingerprint density at radius 3 is 1.38 bits per heavy atom. The van der Waals surface area contributed by atoms with E-state index in [4.69, 9.17) is 4.74 Å². The molecular weight excluding hydrogens is 416 g/mol. The summed E-state index contributed by atoms with van der Waals surface area (Å²) >= 11 is 0. The molecule has 0 saturated heterocycles. The lowest BCUT2D eigenvalue weighted by Gasteiger charge is -2.20. The molecule has 34 heavy (non-hydrogen) atoms. The Labute approximate surface area is 215 Å². The molecule has 2 heteroatoms. The maximum atomic E-state index is 10.4. The van der Waals surface area contributed by atoms with Gasteiger partial charge < -0.3 is 9.53 Å². The van der Waals surface area contributed by atoms with E-state index in [1.807, 2.05) is 0 Å². The number of carbonyl (C=O) groups excluding carboxylic acids is 1. The first kappa shape index (κ1) is 33.6. The fourth-order valence-electron chi connectivity index (χ4n) is 5.08. The van der Waals surface area contributed by atoms with Crippen LogP contribution in [0.15, 0.2) is 0 Å². The largest absolute Gasteiger partial charge is 0.381 e. The maximum absolute atomic E-state index is 10.4. The lowest BCUT2D eigenvalue weighted by atomic mass is 9.94. The van der Waals surface area contributed by atoms with Crippen LogP contribution in [0.4, 0.5) is 0 Å². The van der Waals surface area contributed by atoms with Gasteiger partial charge in [0.25, 0.3) is 0 Å². The average molecular weight is 481 g/mol. The predicted molar refractivity (Wildman–Crippen MR) is 152 cm³/mol. The van der Waals surface area contributed by atoms with Crippen LogP contribution in [0.25, 0.3) is 0 Å². The van der Waals surface area contributed by atoms with E-state index >= 15 is 0 Å². The van der Waals surface area contributed by atoms with Crippen molar-refractivity contribution in [2.75, 3.05) is 13.2 Å². The molecular formula is C32H64O2. The molecule has 0 amide bonds. The third-order valence-electron chi connectivity index (χ3n) is 7.65. The number of unbranched alkanes of at least 4 members (excludes halogenated alkanes) is 17. The van der Waals surface area contributed by atoms with Crippen molar-refractivity contribution >= 4 is 6.29 Å². The minimum absolute atomic E-state index is 0.748. The van der Waals surface area contributed by atoms with Crippen molar-refractivity contribution in [1.29, 1.82) is 0 Å². The highest BCUT2D eigenvalue weighted by atomic mass is 16.5. The molecule has 0 heterocycles. The van der Waals surface area contributed by atoms with Gasteiger partial charge in [0, 0.05) is 19.6 Å². The molecule has 0 saturated carbocycles. The summed E-state index contributed by atoms with van der Waals surface area (Å²) in [7, 11) is 0. The SMILES string of the molecule is CCCCCCCCCCCCC(CCCCCCCCCC=O)COCC(CC)CCCC. The molecule has 2 unspecified atom stereocenters. The van der Waals surface area contributed by atoms with Gasteiger partial charge in [0.15, 0.2) is 0 Å². The lowest BCUT2D eigenvalue weighted by molar-refractivity contribution is -0.107. The predicted octanol–water partition coefficient (Wildman–Crippen LogP) is 10.9. The number of ether oxygens (including phenoxy) is 1. The van der Waals surface area contributed by atoms with Crippen LogP contribution in [0.2, 0.25) is 0 Å². The molecule has 204 valence electrons. The van der Waals surface area contributed by atoms with E-state index in [9.17, 15) is 4.79 Å². The molecule has 0 N–H and O–H groups in total. The van der Waals surface area contributed by atoms with Gasteiger partial charge >= 0.3 is 0 Å². The van der Waals surface area contributed by atoms with Crippen LogP contribution >= 0.6 is 0 Å². The van der Waals surface area contributed by atoms with Crippen LogP contribution in [0, 0.1) is 11.8 Å². The summed E-state index contributed by atoms with van der Waals surface area (Å²) in [5, 5.41) is 0. The van der Waals surface area contributed by atoms with Gasteiger partial charge in [-0.1, -0.05) is 143 Å². The topological polar surface area (TPSA) is 26.3 Å². The van der Waals surface area contributed by atoms with E-state index in [0.29, 0.717) is 0 Å². The summed E-state index contributed by atoms with van der Waals surface area (Å²) in [4.78, 5) is 10.4. The Morgan fingerprint density at radius 1 is 0.500 bits per heavy atom. The lowest BCUT2D eigenvalue weighted by Crippen LogP contribution is -2.15. The molecule has 0 rings (SSSR count). The maximum Gasteiger partial charge on any atom is 0.119 e. The molecule has 0 aromatic heterocycles. The van der Waals surface area contributed by atoms with Gasteiger partial charge in [-0.15, -0.1) is 0 Å². The zero-order valence-electron chi connectivity index (χ0n) is 23.9. The molecule has 0 spiro atoms. The van der Waals surface area contributed by atoms with Crippen LogP contribution in [-0.2, 0) is 9.53 Å². The summed E-state index contributed by atoms with van der Waals surface area (Å²) in [6, 6.07) is 0. The monoisotopic (exact) mass is 480 g/mol. The molecule has 2 atom stereocenters. The molecule has 0 fully saturated rings. The zero-order chi connectivity index (χ0) is 25.0. The van der Waals surface area contributed by atoms with Crippen LogP contribution in [-0.4, -0.2) is 19.5 Å². The summed E-state index contributed by atoms with van der Waals surface area (Å²) in [6.45, 7) is 8.88. The second-order valence-electron chi connectivity index (χ2n) is 11.0. The van der Waals surface area contributed by atoms with Crippen molar-refractivity contribution < 1.29 is 9.53 Å². The molecule has 0 aliphatic rings. The summed E-state index contributed by atoms with van der Waals surface area (Å²) < 4.78 is 6.29.